The molecule has 0 aliphatic carbocycles. The Balaban J connectivity index is 2.61. The molecule has 2 heterocycles. The van der Waals surface area contributed by atoms with Gasteiger partial charge in [0, 0.05) is 23.2 Å². The van der Waals surface area contributed by atoms with Gasteiger partial charge in [-0.2, -0.15) is 0 Å². The fourth-order valence-electron chi connectivity index (χ4n) is 1.65. The maximum Gasteiger partial charge on any atom is 0.0892 e. The fourth-order valence-corrected chi connectivity index (χ4v) is 1.65. The second kappa shape index (κ2) is 2.77. The molecule has 0 unspecified atom stereocenters. The van der Waals surface area contributed by atoms with Gasteiger partial charge in [0.15, 0.2) is 0 Å². The van der Waals surface area contributed by atoms with Crippen LogP contribution in [-0.2, 0) is 0 Å². The van der Waals surface area contributed by atoms with Gasteiger partial charge >= 0.3 is 0 Å². The third kappa shape index (κ3) is 0.973. The van der Waals surface area contributed by atoms with Crippen LogP contribution in [0.3, 0.4) is 0 Å². The molecule has 3 aromatic rings. The van der Waals surface area contributed by atoms with Gasteiger partial charge in [-0.05, 0) is 17.5 Å². The maximum absolute atomic E-state index is 4.36. The number of fused-ring (bicyclic) bond motifs is 3. The van der Waals surface area contributed by atoms with Crippen molar-refractivity contribution in [3.8, 4) is 0 Å². The molecule has 0 spiro atoms. The molecule has 0 saturated heterocycles. The van der Waals surface area contributed by atoms with Crippen molar-refractivity contribution < 1.29 is 0 Å². The van der Waals surface area contributed by atoms with E-state index in [-0.39, 0.29) is 0 Å². The first kappa shape index (κ1) is 7.44. The number of hydrogen-bond acceptors (Lipinski definition) is 2. The molecule has 1 radical (unpaired) electrons. The number of nitrogens with zero attached hydrogens (tertiary/aromatic N) is 2. The second-order valence-corrected chi connectivity index (χ2v) is 3.18. The van der Waals surface area contributed by atoms with E-state index in [0.29, 0.717) is 0 Å². The van der Waals surface area contributed by atoms with Crippen LogP contribution in [0, 0.1) is 6.20 Å². The van der Waals surface area contributed by atoms with Gasteiger partial charge in [0.1, 0.15) is 0 Å². The molecule has 0 aliphatic rings. The first-order chi connectivity index (χ1) is 6.95. The van der Waals surface area contributed by atoms with Crippen LogP contribution in [0.25, 0.3) is 21.7 Å². The minimum atomic E-state index is 1.01. The Hall–Kier alpha value is -1.96. The predicted octanol–water partition coefficient (Wildman–Crippen LogP) is 2.58. The summed E-state index contributed by atoms with van der Waals surface area (Å²) in [5.41, 5.74) is 1.01. The van der Waals surface area contributed by atoms with E-state index < -0.39 is 0 Å². The molecule has 0 bridgehead atoms. The van der Waals surface area contributed by atoms with Gasteiger partial charge in [0.2, 0.25) is 0 Å². The summed E-state index contributed by atoms with van der Waals surface area (Å²) in [6.45, 7) is 0. The van der Waals surface area contributed by atoms with Gasteiger partial charge in [0.25, 0.3) is 0 Å². The summed E-state index contributed by atoms with van der Waals surface area (Å²) >= 11 is 0. The van der Waals surface area contributed by atoms with Gasteiger partial charge in [-0.1, -0.05) is 18.2 Å². The van der Waals surface area contributed by atoms with Crippen LogP contribution in [0.5, 0.6) is 0 Å². The van der Waals surface area contributed by atoms with Crippen molar-refractivity contribution in [3.63, 3.8) is 0 Å². The lowest BCUT2D eigenvalue weighted by Crippen LogP contribution is -1.81. The molecular weight excluding hydrogens is 172 g/mol. The number of hydrogen-bond donors (Lipinski definition) is 0. The number of aromatic nitrogens is 2. The minimum Gasteiger partial charge on any atom is -0.256 e. The van der Waals surface area contributed by atoms with Crippen LogP contribution in [0.2, 0.25) is 0 Å². The Morgan fingerprint density at radius 1 is 1.07 bits per heavy atom. The molecule has 1 aromatic carbocycles. The fraction of sp³-hybridized carbons (Fsp3) is 0. The van der Waals surface area contributed by atoms with Crippen molar-refractivity contribution in [1.29, 1.82) is 0 Å². The van der Waals surface area contributed by atoms with Gasteiger partial charge < -0.3 is 0 Å². The zero-order valence-electron chi connectivity index (χ0n) is 7.44. The van der Waals surface area contributed by atoms with E-state index in [1.165, 1.54) is 0 Å². The Morgan fingerprint density at radius 3 is 3.00 bits per heavy atom. The number of pyridine rings is 2. The molecule has 3 rings (SSSR count). The van der Waals surface area contributed by atoms with Crippen molar-refractivity contribution in [2.75, 3.05) is 0 Å². The minimum absolute atomic E-state index is 1.01. The molecule has 0 saturated carbocycles. The predicted molar refractivity (Wildman–Crippen MR) is 55.9 cm³/mol. The van der Waals surface area contributed by atoms with Gasteiger partial charge in [-0.15, -0.1) is 0 Å². The highest BCUT2D eigenvalue weighted by atomic mass is 14.7. The van der Waals surface area contributed by atoms with Crippen LogP contribution in [-0.4, -0.2) is 9.97 Å². The van der Waals surface area contributed by atoms with Gasteiger partial charge in [0.05, 0.1) is 11.7 Å². The molecule has 0 N–H and O–H groups in total. The van der Waals surface area contributed by atoms with E-state index in [1.54, 1.807) is 6.20 Å². The Morgan fingerprint density at radius 2 is 2.00 bits per heavy atom. The number of rotatable bonds is 0. The van der Waals surface area contributed by atoms with E-state index in [2.05, 4.69) is 34.4 Å². The molecule has 0 amide bonds. The standard InChI is InChI=1S/C12H7N2/c1-2-10-4-3-9-5-7-13-8-11(9)12(10)14-6-1/h1-6,8H. The van der Waals surface area contributed by atoms with Crippen molar-refractivity contribution in [2.45, 2.75) is 0 Å². The molecule has 0 atom stereocenters. The van der Waals surface area contributed by atoms with Crippen molar-refractivity contribution >= 4 is 21.7 Å². The van der Waals surface area contributed by atoms with Crippen molar-refractivity contribution in [2.24, 2.45) is 0 Å². The van der Waals surface area contributed by atoms with Crippen LogP contribution < -0.4 is 0 Å². The summed E-state index contributed by atoms with van der Waals surface area (Å²) in [5.74, 6) is 0. The molecule has 2 nitrogen and oxygen atoms in total. The molecule has 2 heteroatoms. The Kier molecular flexibility index (Phi) is 1.47. The first-order valence-corrected chi connectivity index (χ1v) is 4.45. The number of benzene rings is 1. The SMILES string of the molecule is [c]1cc2ccc3cccnc3c2cn1. The lowest BCUT2D eigenvalue weighted by molar-refractivity contribution is 1.34. The molecule has 14 heavy (non-hydrogen) atoms. The van der Waals surface area contributed by atoms with Crippen LogP contribution in [0.1, 0.15) is 0 Å². The molecular formula is C12H7N2. The normalized spacial score (nSPS) is 10.9. The summed E-state index contributed by atoms with van der Waals surface area (Å²) in [7, 11) is 0. The van der Waals surface area contributed by atoms with Crippen molar-refractivity contribution in [3.05, 3.63) is 48.9 Å². The first-order valence-electron chi connectivity index (χ1n) is 4.45. The summed E-state index contributed by atoms with van der Waals surface area (Å²) in [6, 6.07) is 10.0. The zero-order chi connectivity index (χ0) is 9.38. The lowest BCUT2D eigenvalue weighted by atomic mass is 10.1. The third-order valence-corrected chi connectivity index (χ3v) is 2.34. The summed E-state index contributed by atoms with van der Waals surface area (Å²) in [5, 5.41) is 3.36. The molecule has 65 valence electrons. The summed E-state index contributed by atoms with van der Waals surface area (Å²) in [4.78, 5) is 8.35. The van der Waals surface area contributed by atoms with E-state index in [4.69, 9.17) is 0 Å². The van der Waals surface area contributed by atoms with Crippen molar-refractivity contribution in [1.82, 2.24) is 9.97 Å². The quantitative estimate of drug-likeness (QED) is 0.496. The average Bonchev–Trinajstić information content (AvgIpc) is 2.29. The highest BCUT2D eigenvalue weighted by Crippen LogP contribution is 2.21. The van der Waals surface area contributed by atoms with Gasteiger partial charge in [-0.25, -0.2) is 0 Å². The maximum atomic E-state index is 4.36. The van der Waals surface area contributed by atoms with E-state index in [1.807, 2.05) is 18.3 Å². The molecule has 0 aliphatic heterocycles. The Labute approximate surface area is 81.2 Å². The van der Waals surface area contributed by atoms with E-state index in [0.717, 1.165) is 21.7 Å². The monoisotopic (exact) mass is 179 g/mol. The summed E-state index contributed by atoms with van der Waals surface area (Å²) in [6.07, 6.45) is 6.44. The Bertz CT molecular complexity index is 547. The smallest absolute Gasteiger partial charge is 0.0892 e. The molecule has 0 fully saturated rings. The molecule has 2 aromatic heterocycles. The zero-order valence-corrected chi connectivity index (χ0v) is 7.44. The topological polar surface area (TPSA) is 25.8 Å². The summed E-state index contributed by atoms with van der Waals surface area (Å²) < 4.78 is 0. The largest absolute Gasteiger partial charge is 0.256 e. The highest BCUT2D eigenvalue weighted by Gasteiger charge is 1.99. The third-order valence-electron chi connectivity index (χ3n) is 2.34. The van der Waals surface area contributed by atoms with E-state index in [9.17, 15) is 0 Å². The highest BCUT2D eigenvalue weighted by molar-refractivity contribution is 6.04. The second-order valence-electron chi connectivity index (χ2n) is 3.18. The van der Waals surface area contributed by atoms with Gasteiger partial charge in [-0.3, -0.25) is 9.97 Å². The lowest BCUT2D eigenvalue weighted by Gasteiger charge is -2.00. The average molecular weight is 179 g/mol. The van der Waals surface area contributed by atoms with Crippen LogP contribution >= 0.6 is 0 Å². The van der Waals surface area contributed by atoms with Crippen LogP contribution in [0.15, 0.2) is 42.7 Å². The van der Waals surface area contributed by atoms with Crippen LogP contribution in [0.4, 0.5) is 0 Å². The van der Waals surface area contributed by atoms with E-state index >= 15 is 0 Å².